The van der Waals surface area contributed by atoms with Crippen LogP contribution in [-0.2, 0) is 4.74 Å². The highest BCUT2D eigenvalue weighted by Crippen LogP contribution is 2.12. The summed E-state index contributed by atoms with van der Waals surface area (Å²) < 4.78 is 4.60. The number of H-pyrrole nitrogens is 1. The third-order valence-electron chi connectivity index (χ3n) is 1.66. The number of aromatic amines is 1. The second-order valence-electron chi connectivity index (χ2n) is 2.46. The quantitative estimate of drug-likeness (QED) is 0.620. The van der Waals surface area contributed by atoms with Gasteiger partial charge in [-0.1, -0.05) is 0 Å². The molecule has 0 bridgehead atoms. The lowest BCUT2D eigenvalue weighted by molar-refractivity contribution is 0.0599. The minimum absolute atomic E-state index is 0.277. The first-order valence-corrected chi connectivity index (χ1v) is 3.39. The molecule has 0 amide bonds. The normalized spacial score (nSPS) is 9.73. The van der Waals surface area contributed by atoms with Crippen molar-refractivity contribution in [3.8, 4) is 0 Å². The van der Waals surface area contributed by atoms with Gasteiger partial charge in [-0.05, 0) is 19.4 Å². The van der Waals surface area contributed by atoms with Crippen LogP contribution in [0.2, 0.25) is 0 Å². The minimum atomic E-state index is -0.277. The number of hydrogen-bond donors (Lipinski definition) is 1. The molecule has 0 aliphatic carbocycles. The largest absolute Gasteiger partial charge is 0.465 e. The molecule has 1 N–H and O–H groups in total. The second-order valence-corrected chi connectivity index (χ2v) is 2.46. The van der Waals surface area contributed by atoms with E-state index < -0.39 is 0 Å². The maximum absolute atomic E-state index is 11.1. The lowest BCUT2D eigenvalue weighted by Crippen LogP contribution is -2.03. The summed E-state index contributed by atoms with van der Waals surface area (Å²) in [7, 11) is 1.38. The van der Waals surface area contributed by atoms with Crippen molar-refractivity contribution in [2.24, 2.45) is 0 Å². The second kappa shape index (κ2) is 2.78. The van der Waals surface area contributed by atoms with E-state index in [1.54, 1.807) is 6.20 Å². The van der Waals surface area contributed by atoms with E-state index in [4.69, 9.17) is 0 Å². The third kappa shape index (κ3) is 1.27. The van der Waals surface area contributed by atoms with Crippen LogP contribution < -0.4 is 0 Å². The molecular formula is C8H11NO2. The van der Waals surface area contributed by atoms with Crippen molar-refractivity contribution < 1.29 is 9.53 Å². The summed E-state index contributed by atoms with van der Waals surface area (Å²) in [5.41, 5.74) is 2.43. The number of methoxy groups -OCH3 is 1. The van der Waals surface area contributed by atoms with Crippen LogP contribution in [0.1, 0.15) is 21.6 Å². The molecule has 0 aliphatic rings. The fraction of sp³-hybridized carbons (Fsp3) is 0.375. The number of aromatic nitrogens is 1. The first-order chi connectivity index (χ1) is 5.16. The average molecular weight is 153 g/mol. The van der Waals surface area contributed by atoms with E-state index >= 15 is 0 Å². The predicted molar refractivity (Wildman–Crippen MR) is 41.6 cm³/mol. The molecule has 1 heterocycles. The van der Waals surface area contributed by atoms with Crippen molar-refractivity contribution in [3.05, 3.63) is 23.0 Å². The molecule has 0 aromatic carbocycles. The molecular weight excluding hydrogens is 142 g/mol. The summed E-state index contributed by atoms with van der Waals surface area (Å²) in [6.07, 6.45) is 1.79. The van der Waals surface area contributed by atoms with Crippen LogP contribution in [0.4, 0.5) is 0 Å². The molecule has 11 heavy (non-hydrogen) atoms. The van der Waals surface area contributed by atoms with Crippen LogP contribution in [-0.4, -0.2) is 18.1 Å². The molecule has 0 atom stereocenters. The number of carbonyl (C=O) groups excluding carboxylic acids is 1. The minimum Gasteiger partial charge on any atom is -0.465 e. The molecule has 3 heteroatoms. The van der Waals surface area contributed by atoms with E-state index in [0.29, 0.717) is 5.56 Å². The molecule has 0 saturated carbocycles. The Labute approximate surface area is 65.4 Å². The Morgan fingerprint density at radius 1 is 1.55 bits per heavy atom. The summed E-state index contributed by atoms with van der Waals surface area (Å²) in [6.45, 7) is 3.72. The van der Waals surface area contributed by atoms with E-state index in [1.807, 2.05) is 13.8 Å². The van der Waals surface area contributed by atoms with Crippen molar-refractivity contribution in [3.63, 3.8) is 0 Å². The number of rotatable bonds is 1. The van der Waals surface area contributed by atoms with Gasteiger partial charge in [0.2, 0.25) is 0 Å². The Hall–Kier alpha value is -1.25. The Balaban J connectivity index is 3.10. The van der Waals surface area contributed by atoms with Crippen molar-refractivity contribution in [2.75, 3.05) is 7.11 Å². The van der Waals surface area contributed by atoms with E-state index in [1.165, 1.54) is 7.11 Å². The van der Waals surface area contributed by atoms with Crippen LogP contribution >= 0.6 is 0 Å². The number of hydrogen-bond acceptors (Lipinski definition) is 2. The zero-order valence-electron chi connectivity index (χ0n) is 6.89. The Morgan fingerprint density at radius 2 is 2.18 bits per heavy atom. The summed E-state index contributed by atoms with van der Waals surface area (Å²) in [5.74, 6) is -0.277. The standard InChI is InChI=1S/C8H11NO2/c1-5-4-9-6(2)7(5)8(10)11-3/h4,9H,1-3H3. The van der Waals surface area contributed by atoms with Gasteiger partial charge in [0.05, 0.1) is 12.7 Å². The van der Waals surface area contributed by atoms with Gasteiger partial charge in [-0.2, -0.15) is 0 Å². The van der Waals surface area contributed by atoms with Gasteiger partial charge >= 0.3 is 5.97 Å². The number of esters is 1. The molecule has 1 rings (SSSR count). The predicted octanol–water partition coefficient (Wildman–Crippen LogP) is 1.42. The highest BCUT2D eigenvalue weighted by molar-refractivity contribution is 5.92. The van der Waals surface area contributed by atoms with Crippen LogP contribution in [0.15, 0.2) is 6.20 Å². The highest BCUT2D eigenvalue weighted by atomic mass is 16.5. The molecule has 0 radical (unpaired) electrons. The summed E-state index contributed by atoms with van der Waals surface area (Å²) in [5, 5.41) is 0. The van der Waals surface area contributed by atoms with Gasteiger partial charge in [0.15, 0.2) is 0 Å². The maximum Gasteiger partial charge on any atom is 0.339 e. The Kier molecular flexibility index (Phi) is 1.98. The molecule has 60 valence electrons. The molecule has 1 aromatic rings. The smallest absolute Gasteiger partial charge is 0.339 e. The molecule has 0 fully saturated rings. The third-order valence-corrected chi connectivity index (χ3v) is 1.66. The maximum atomic E-state index is 11.1. The summed E-state index contributed by atoms with van der Waals surface area (Å²) >= 11 is 0. The zero-order chi connectivity index (χ0) is 8.43. The number of nitrogens with one attached hydrogen (secondary N) is 1. The van der Waals surface area contributed by atoms with Crippen LogP contribution in [0.3, 0.4) is 0 Å². The van der Waals surface area contributed by atoms with Gasteiger partial charge in [0.25, 0.3) is 0 Å². The summed E-state index contributed by atoms with van der Waals surface area (Å²) in [6, 6.07) is 0. The first-order valence-electron chi connectivity index (χ1n) is 3.39. The molecule has 3 nitrogen and oxygen atoms in total. The lowest BCUT2D eigenvalue weighted by atomic mass is 10.2. The molecule has 0 unspecified atom stereocenters. The topological polar surface area (TPSA) is 42.1 Å². The van der Waals surface area contributed by atoms with Crippen molar-refractivity contribution >= 4 is 5.97 Å². The van der Waals surface area contributed by atoms with Crippen LogP contribution in [0.5, 0.6) is 0 Å². The van der Waals surface area contributed by atoms with Crippen LogP contribution in [0.25, 0.3) is 0 Å². The molecule has 1 aromatic heterocycles. The van der Waals surface area contributed by atoms with Gasteiger partial charge in [-0.3, -0.25) is 0 Å². The Bertz CT molecular complexity index is 256. The fourth-order valence-corrected chi connectivity index (χ4v) is 1.07. The van der Waals surface area contributed by atoms with Crippen molar-refractivity contribution in [1.82, 2.24) is 4.98 Å². The van der Waals surface area contributed by atoms with Gasteiger partial charge in [0.1, 0.15) is 0 Å². The van der Waals surface area contributed by atoms with E-state index in [0.717, 1.165) is 11.3 Å². The Morgan fingerprint density at radius 3 is 2.55 bits per heavy atom. The van der Waals surface area contributed by atoms with Gasteiger partial charge in [-0.15, -0.1) is 0 Å². The van der Waals surface area contributed by atoms with Gasteiger partial charge in [0, 0.05) is 11.9 Å². The number of ether oxygens (including phenoxy) is 1. The molecule has 0 aliphatic heterocycles. The van der Waals surface area contributed by atoms with Gasteiger partial charge < -0.3 is 9.72 Å². The SMILES string of the molecule is COC(=O)c1c(C)c[nH]c1C. The van der Waals surface area contributed by atoms with Crippen molar-refractivity contribution in [2.45, 2.75) is 13.8 Å². The fourth-order valence-electron chi connectivity index (χ4n) is 1.07. The average Bonchev–Trinajstić information content (AvgIpc) is 2.30. The molecule has 0 saturated heterocycles. The lowest BCUT2D eigenvalue weighted by Gasteiger charge is -1.97. The summed E-state index contributed by atoms with van der Waals surface area (Å²) in [4.78, 5) is 14.0. The van der Waals surface area contributed by atoms with E-state index in [9.17, 15) is 4.79 Å². The van der Waals surface area contributed by atoms with E-state index in [2.05, 4.69) is 9.72 Å². The first kappa shape index (κ1) is 7.85. The van der Waals surface area contributed by atoms with Crippen molar-refractivity contribution in [1.29, 1.82) is 0 Å². The van der Waals surface area contributed by atoms with Crippen LogP contribution in [0, 0.1) is 13.8 Å². The zero-order valence-corrected chi connectivity index (χ0v) is 6.89. The number of aryl methyl sites for hydroxylation is 2. The molecule has 0 spiro atoms. The van der Waals surface area contributed by atoms with Gasteiger partial charge in [-0.25, -0.2) is 4.79 Å². The van der Waals surface area contributed by atoms with E-state index in [-0.39, 0.29) is 5.97 Å². The monoisotopic (exact) mass is 153 g/mol. The highest BCUT2D eigenvalue weighted by Gasteiger charge is 2.12. The number of carbonyl (C=O) groups is 1.